The molecule has 1 atom stereocenters. The summed E-state index contributed by atoms with van der Waals surface area (Å²) in [6, 6.07) is 7.82. The molecule has 0 saturated carbocycles. The zero-order valence-corrected chi connectivity index (χ0v) is 13.3. The highest BCUT2D eigenvalue weighted by atomic mass is 16.1. The van der Waals surface area contributed by atoms with Gasteiger partial charge in [0.25, 0.3) is 5.91 Å². The van der Waals surface area contributed by atoms with Crippen LogP contribution >= 0.6 is 0 Å². The maximum Gasteiger partial charge on any atom is 0.251 e. The van der Waals surface area contributed by atoms with E-state index in [1.807, 2.05) is 38.1 Å². The van der Waals surface area contributed by atoms with Gasteiger partial charge in [-0.15, -0.1) is 0 Å². The second-order valence-corrected chi connectivity index (χ2v) is 5.60. The topological polar surface area (TPSA) is 59.0 Å². The van der Waals surface area contributed by atoms with E-state index in [4.69, 9.17) is 0 Å². The number of carbonyl (C=O) groups is 1. The zero-order chi connectivity index (χ0) is 15.9. The number of fused-ring (bicyclic) bond motifs is 1. The van der Waals surface area contributed by atoms with Gasteiger partial charge in [0.15, 0.2) is 0 Å². The number of carbonyl (C=O) groups excluding carboxylic acids is 1. The van der Waals surface area contributed by atoms with Crippen LogP contribution in [0.2, 0.25) is 0 Å². The predicted molar refractivity (Wildman–Crippen MR) is 87.1 cm³/mol. The minimum atomic E-state index is -0.0704. The van der Waals surface area contributed by atoms with E-state index >= 15 is 0 Å². The van der Waals surface area contributed by atoms with Crippen molar-refractivity contribution in [3.63, 3.8) is 0 Å². The first-order valence-electron chi connectivity index (χ1n) is 7.34. The van der Waals surface area contributed by atoms with Crippen molar-refractivity contribution in [1.29, 1.82) is 0 Å². The summed E-state index contributed by atoms with van der Waals surface area (Å²) in [4.78, 5) is 16.2. The van der Waals surface area contributed by atoms with Crippen LogP contribution in [-0.2, 0) is 0 Å². The molecular weight excluding hydrogens is 276 g/mol. The molecule has 0 spiro atoms. The highest BCUT2D eigenvalue weighted by Gasteiger charge is 2.23. The van der Waals surface area contributed by atoms with Crippen molar-refractivity contribution in [2.45, 2.75) is 26.8 Å². The van der Waals surface area contributed by atoms with E-state index < -0.39 is 0 Å². The van der Waals surface area contributed by atoms with Crippen molar-refractivity contribution in [2.75, 3.05) is 12.4 Å². The molecule has 3 rings (SSSR count). The Hall–Kier alpha value is -2.56. The fourth-order valence-corrected chi connectivity index (χ4v) is 2.81. The maximum atomic E-state index is 11.7. The van der Waals surface area contributed by atoms with Gasteiger partial charge in [0, 0.05) is 24.0 Å². The number of benzene rings is 1. The number of hydrogen-bond donors (Lipinski definition) is 2. The van der Waals surface area contributed by atoms with Crippen molar-refractivity contribution in [3.8, 4) is 0 Å². The van der Waals surface area contributed by atoms with Crippen LogP contribution in [-0.4, -0.2) is 22.5 Å². The van der Waals surface area contributed by atoms with Gasteiger partial charge >= 0.3 is 0 Å². The summed E-state index contributed by atoms with van der Waals surface area (Å²) in [6.45, 7) is 6.13. The monoisotopic (exact) mass is 296 g/mol. The molecule has 0 radical (unpaired) electrons. The molecule has 1 unspecified atom stereocenters. The zero-order valence-electron chi connectivity index (χ0n) is 13.3. The van der Waals surface area contributed by atoms with E-state index in [0.29, 0.717) is 5.56 Å². The quantitative estimate of drug-likeness (QED) is 0.896. The van der Waals surface area contributed by atoms with Crippen LogP contribution in [0.1, 0.15) is 40.3 Å². The van der Waals surface area contributed by atoms with Crippen LogP contribution < -0.4 is 10.6 Å². The minimum absolute atomic E-state index is 0.0704. The lowest BCUT2D eigenvalue weighted by molar-refractivity contribution is 0.0963. The lowest BCUT2D eigenvalue weighted by Crippen LogP contribution is -2.20. The molecule has 1 aromatic carbocycles. The summed E-state index contributed by atoms with van der Waals surface area (Å²) in [5.41, 5.74) is 5.05. The minimum Gasteiger partial charge on any atom is -0.355 e. The Balaban J connectivity index is 2.04. The predicted octanol–water partition coefficient (Wildman–Crippen LogP) is 2.78. The second kappa shape index (κ2) is 5.33. The van der Waals surface area contributed by atoms with Gasteiger partial charge in [0.1, 0.15) is 0 Å². The molecule has 2 heterocycles. The summed E-state index contributed by atoms with van der Waals surface area (Å²) in [5, 5.41) is 5.95. The van der Waals surface area contributed by atoms with Gasteiger partial charge in [0.05, 0.1) is 11.7 Å². The van der Waals surface area contributed by atoms with E-state index in [1.165, 1.54) is 0 Å². The van der Waals surface area contributed by atoms with E-state index in [2.05, 4.69) is 33.2 Å². The molecule has 0 fully saturated rings. The molecule has 1 aromatic heterocycles. The number of imidazole rings is 1. The highest BCUT2D eigenvalue weighted by molar-refractivity contribution is 5.93. The Bertz CT molecular complexity index is 756. The fraction of sp³-hybridized carbons (Fsp3) is 0.294. The lowest BCUT2D eigenvalue weighted by atomic mass is 10.0. The Labute approximate surface area is 130 Å². The fourth-order valence-electron chi connectivity index (χ4n) is 2.81. The Morgan fingerprint density at radius 3 is 2.55 bits per heavy atom. The van der Waals surface area contributed by atoms with Gasteiger partial charge < -0.3 is 15.2 Å². The van der Waals surface area contributed by atoms with Gasteiger partial charge in [-0.2, -0.15) is 0 Å². The molecule has 0 bridgehead atoms. The van der Waals surface area contributed by atoms with Crippen molar-refractivity contribution in [2.24, 2.45) is 0 Å². The molecule has 1 aliphatic rings. The van der Waals surface area contributed by atoms with Gasteiger partial charge in [0.2, 0.25) is 5.95 Å². The first-order chi connectivity index (χ1) is 10.5. The smallest absolute Gasteiger partial charge is 0.251 e. The third-order valence-corrected chi connectivity index (χ3v) is 4.12. The molecule has 2 aromatic rings. The molecule has 5 nitrogen and oxygen atoms in total. The molecule has 0 saturated heterocycles. The summed E-state index contributed by atoms with van der Waals surface area (Å²) in [6.07, 6.45) is 2.18. The first-order valence-corrected chi connectivity index (χ1v) is 7.34. The highest BCUT2D eigenvalue weighted by Crippen LogP contribution is 2.32. The third kappa shape index (κ3) is 2.28. The van der Waals surface area contributed by atoms with Crippen molar-refractivity contribution < 1.29 is 4.79 Å². The van der Waals surface area contributed by atoms with Crippen LogP contribution in [0, 0.1) is 13.8 Å². The van der Waals surface area contributed by atoms with Crippen molar-refractivity contribution in [3.05, 3.63) is 58.6 Å². The molecular formula is C17H20N4O. The van der Waals surface area contributed by atoms with E-state index in [0.717, 1.165) is 28.6 Å². The van der Waals surface area contributed by atoms with Gasteiger partial charge in [-0.3, -0.25) is 4.79 Å². The summed E-state index contributed by atoms with van der Waals surface area (Å²) < 4.78 is 2.19. The average molecular weight is 296 g/mol. The number of rotatable bonds is 2. The number of allylic oxidation sites excluding steroid dienone is 2. The average Bonchev–Trinajstić information content (AvgIpc) is 2.80. The summed E-state index contributed by atoms with van der Waals surface area (Å²) in [7, 11) is 1.64. The van der Waals surface area contributed by atoms with Crippen LogP contribution in [0.5, 0.6) is 0 Å². The third-order valence-electron chi connectivity index (χ3n) is 4.12. The molecule has 22 heavy (non-hydrogen) atoms. The van der Waals surface area contributed by atoms with Crippen molar-refractivity contribution >= 4 is 11.9 Å². The molecule has 114 valence electrons. The van der Waals surface area contributed by atoms with Crippen LogP contribution in [0.15, 0.2) is 36.0 Å². The summed E-state index contributed by atoms with van der Waals surface area (Å²) in [5.74, 6) is 0.800. The largest absolute Gasteiger partial charge is 0.355 e. The number of hydrogen-bond acceptors (Lipinski definition) is 3. The maximum absolute atomic E-state index is 11.7. The number of nitrogens with one attached hydrogen (secondary N) is 2. The standard InChI is InChI=1S/C17H20N4O/c1-10-9-15(21-12(3)11(2)20-17(21)19-10)13-5-7-14(8-6-13)16(22)18-4/h5-9,15H,1-4H3,(H,18,22)(H,19,20). The van der Waals surface area contributed by atoms with Gasteiger partial charge in [-0.25, -0.2) is 4.98 Å². The van der Waals surface area contributed by atoms with E-state index in [9.17, 15) is 4.79 Å². The molecule has 5 heteroatoms. The summed E-state index contributed by atoms with van der Waals surface area (Å²) >= 11 is 0. The number of aryl methyl sites for hydroxylation is 1. The number of amides is 1. The number of nitrogens with zero attached hydrogens (tertiary/aromatic N) is 2. The SMILES string of the molecule is CNC(=O)c1ccc(C2C=C(C)Nc3nc(C)c(C)n32)cc1. The lowest BCUT2D eigenvalue weighted by Gasteiger charge is -2.26. The van der Waals surface area contributed by atoms with Gasteiger partial charge in [-0.1, -0.05) is 12.1 Å². The molecule has 1 amide bonds. The molecule has 0 aliphatic carbocycles. The first kappa shape index (κ1) is 14.4. The van der Waals surface area contributed by atoms with Gasteiger partial charge in [-0.05, 0) is 44.5 Å². The Morgan fingerprint density at radius 1 is 1.23 bits per heavy atom. The Morgan fingerprint density at radius 2 is 1.91 bits per heavy atom. The number of aromatic nitrogens is 2. The molecule has 1 aliphatic heterocycles. The van der Waals surface area contributed by atoms with Crippen LogP contribution in [0.3, 0.4) is 0 Å². The van der Waals surface area contributed by atoms with Crippen LogP contribution in [0.25, 0.3) is 0 Å². The molecule has 2 N–H and O–H groups in total. The second-order valence-electron chi connectivity index (χ2n) is 5.60. The van der Waals surface area contributed by atoms with Crippen LogP contribution in [0.4, 0.5) is 5.95 Å². The van der Waals surface area contributed by atoms with Crippen molar-refractivity contribution in [1.82, 2.24) is 14.9 Å². The normalized spacial score (nSPS) is 16.5. The number of anilines is 1. The van der Waals surface area contributed by atoms with E-state index in [1.54, 1.807) is 7.05 Å². The van der Waals surface area contributed by atoms with E-state index in [-0.39, 0.29) is 11.9 Å². The Kier molecular flexibility index (Phi) is 3.48.